The molecule has 0 saturated carbocycles. The first-order chi connectivity index (χ1) is 11.3. The lowest BCUT2D eigenvalue weighted by molar-refractivity contribution is 0.203. The quantitative estimate of drug-likeness (QED) is 0.910. The molecule has 130 valence electrons. The average molecular weight is 335 g/mol. The molecule has 0 unspecified atom stereocenters. The highest BCUT2D eigenvalue weighted by Gasteiger charge is 2.19. The van der Waals surface area contributed by atoms with Crippen molar-refractivity contribution < 1.29 is 18.4 Å². The highest BCUT2D eigenvalue weighted by atomic mass is 19.1. The second kappa shape index (κ2) is 7.33. The first-order valence-corrected chi connectivity index (χ1v) is 7.60. The molecule has 1 heterocycles. The summed E-state index contributed by atoms with van der Waals surface area (Å²) < 4.78 is 23.8. The highest BCUT2D eigenvalue weighted by molar-refractivity contribution is 5.74. The van der Waals surface area contributed by atoms with Crippen LogP contribution in [-0.2, 0) is 6.54 Å². The lowest BCUT2D eigenvalue weighted by Crippen LogP contribution is -2.38. The smallest absolute Gasteiger partial charge is 0.317 e. The number of ether oxygens (including phenoxy) is 1. The first kappa shape index (κ1) is 17.8. The fourth-order valence-corrected chi connectivity index (χ4v) is 2.45. The fraction of sp³-hybridized carbons (Fsp3) is 0.412. The number of halogens is 1. The SMILES string of the molecule is COc1ccc(F)cc1[C@H](C)NC(=O)N(C)Cc1c(C)noc1C. The third kappa shape index (κ3) is 3.84. The second-order valence-corrected chi connectivity index (χ2v) is 5.72. The van der Waals surface area contributed by atoms with Crippen LogP contribution < -0.4 is 10.1 Å². The molecule has 0 spiro atoms. The Hall–Kier alpha value is -2.57. The zero-order valence-corrected chi connectivity index (χ0v) is 14.5. The summed E-state index contributed by atoms with van der Waals surface area (Å²) in [6, 6.07) is 3.53. The lowest BCUT2D eigenvalue weighted by atomic mass is 10.1. The van der Waals surface area contributed by atoms with Crippen molar-refractivity contribution in [3.05, 3.63) is 46.6 Å². The van der Waals surface area contributed by atoms with Gasteiger partial charge in [-0.05, 0) is 39.0 Å². The Morgan fingerprint density at radius 2 is 2.17 bits per heavy atom. The highest BCUT2D eigenvalue weighted by Crippen LogP contribution is 2.26. The molecule has 0 radical (unpaired) electrons. The van der Waals surface area contributed by atoms with Gasteiger partial charge >= 0.3 is 6.03 Å². The molecule has 0 aliphatic heterocycles. The zero-order valence-electron chi connectivity index (χ0n) is 14.5. The predicted molar refractivity (Wildman–Crippen MR) is 87.3 cm³/mol. The van der Waals surface area contributed by atoms with Crippen molar-refractivity contribution in [2.75, 3.05) is 14.2 Å². The van der Waals surface area contributed by atoms with Crippen molar-refractivity contribution in [2.45, 2.75) is 33.4 Å². The van der Waals surface area contributed by atoms with Crippen LogP contribution in [0.15, 0.2) is 22.7 Å². The van der Waals surface area contributed by atoms with Gasteiger partial charge in [0.05, 0.1) is 25.4 Å². The van der Waals surface area contributed by atoms with Crippen LogP contribution in [0.1, 0.15) is 35.5 Å². The molecule has 1 aromatic heterocycles. The van der Waals surface area contributed by atoms with E-state index < -0.39 is 6.04 Å². The average Bonchev–Trinajstić information content (AvgIpc) is 2.86. The first-order valence-electron chi connectivity index (χ1n) is 7.60. The van der Waals surface area contributed by atoms with Crippen LogP contribution in [0.5, 0.6) is 5.75 Å². The van der Waals surface area contributed by atoms with E-state index in [9.17, 15) is 9.18 Å². The molecule has 0 bridgehead atoms. The number of nitrogens with one attached hydrogen (secondary N) is 1. The maximum Gasteiger partial charge on any atom is 0.317 e. The molecule has 2 amide bonds. The van der Waals surface area contributed by atoms with Crippen LogP contribution in [0.3, 0.4) is 0 Å². The Kier molecular flexibility index (Phi) is 5.43. The van der Waals surface area contributed by atoms with E-state index >= 15 is 0 Å². The normalized spacial score (nSPS) is 11.9. The summed E-state index contributed by atoms with van der Waals surface area (Å²) in [6.45, 7) is 5.79. The maximum absolute atomic E-state index is 13.5. The molecule has 24 heavy (non-hydrogen) atoms. The second-order valence-electron chi connectivity index (χ2n) is 5.72. The number of methoxy groups -OCH3 is 1. The van der Waals surface area contributed by atoms with Crippen molar-refractivity contribution >= 4 is 6.03 Å². The maximum atomic E-state index is 13.5. The fourth-order valence-electron chi connectivity index (χ4n) is 2.45. The van der Waals surface area contributed by atoms with Crippen LogP contribution in [0.4, 0.5) is 9.18 Å². The minimum absolute atomic E-state index is 0.284. The van der Waals surface area contributed by atoms with E-state index in [1.54, 1.807) is 27.0 Å². The standard InChI is InChI=1S/C17H22FN3O3/c1-10(14-8-13(18)6-7-16(14)23-5)19-17(22)21(4)9-15-11(2)20-24-12(15)3/h6-8,10H,9H2,1-5H3,(H,19,22)/t10-/m0/s1. The van der Waals surface area contributed by atoms with Gasteiger partial charge in [-0.1, -0.05) is 5.16 Å². The van der Waals surface area contributed by atoms with Gasteiger partial charge in [0.1, 0.15) is 17.3 Å². The number of aryl methyl sites for hydroxylation is 2. The number of carbonyl (C=O) groups excluding carboxylic acids is 1. The summed E-state index contributed by atoms with van der Waals surface area (Å²) in [7, 11) is 3.19. The summed E-state index contributed by atoms with van der Waals surface area (Å²) in [5.74, 6) is 0.834. The number of hydrogen-bond acceptors (Lipinski definition) is 4. The van der Waals surface area contributed by atoms with Gasteiger partial charge in [-0.2, -0.15) is 0 Å². The molecular formula is C17H22FN3O3. The van der Waals surface area contributed by atoms with Gasteiger partial charge in [-0.15, -0.1) is 0 Å². The van der Waals surface area contributed by atoms with E-state index in [2.05, 4.69) is 10.5 Å². The molecule has 0 saturated heterocycles. The third-order valence-corrected chi connectivity index (χ3v) is 3.92. The number of carbonyl (C=O) groups is 1. The van der Waals surface area contributed by atoms with Gasteiger partial charge < -0.3 is 19.5 Å². The Balaban J connectivity index is 2.07. The summed E-state index contributed by atoms with van der Waals surface area (Å²) in [4.78, 5) is 13.9. The minimum atomic E-state index is -0.407. The lowest BCUT2D eigenvalue weighted by Gasteiger charge is -2.22. The molecule has 2 rings (SSSR count). The van der Waals surface area contributed by atoms with Crippen LogP contribution in [0.25, 0.3) is 0 Å². The van der Waals surface area contributed by atoms with Crippen molar-refractivity contribution in [1.29, 1.82) is 0 Å². The summed E-state index contributed by atoms with van der Waals surface area (Å²) in [5, 5.41) is 6.72. The molecular weight excluding hydrogens is 313 g/mol. The molecule has 1 N–H and O–H groups in total. The van der Waals surface area contributed by atoms with E-state index in [1.165, 1.54) is 24.1 Å². The van der Waals surface area contributed by atoms with Gasteiger partial charge in [0.25, 0.3) is 0 Å². The molecule has 0 aliphatic carbocycles. The monoisotopic (exact) mass is 335 g/mol. The van der Waals surface area contributed by atoms with Crippen molar-refractivity contribution in [2.24, 2.45) is 0 Å². The minimum Gasteiger partial charge on any atom is -0.496 e. The van der Waals surface area contributed by atoms with E-state index in [1.807, 2.05) is 6.92 Å². The van der Waals surface area contributed by atoms with Gasteiger partial charge in [0.2, 0.25) is 0 Å². The number of hydrogen-bond donors (Lipinski definition) is 1. The summed E-state index contributed by atoms with van der Waals surface area (Å²) in [5.41, 5.74) is 2.22. The largest absolute Gasteiger partial charge is 0.496 e. The van der Waals surface area contributed by atoms with Crippen LogP contribution in [0.2, 0.25) is 0 Å². The zero-order chi connectivity index (χ0) is 17.9. The van der Waals surface area contributed by atoms with Crippen LogP contribution in [0, 0.1) is 19.7 Å². The number of rotatable bonds is 5. The predicted octanol–water partition coefficient (Wildman–Crippen LogP) is 3.34. The van der Waals surface area contributed by atoms with Crippen LogP contribution >= 0.6 is 0 Å². The number of benzene rings is 1. The summed E-state index contributed by atoms with van der Waals surface area (Å²) in [6.07, 6.45) is 0. The molecule has 0 fully saturated rings. The molecule has 0 aliphatic rings. The summed E-state index contributed by atoms with van der Waals surface area (Å²) >= 11 is 0. The van der Waals surface area contributed by atoms with Crippen molar-refractivity contribution in [3.8, 4) is 5.75 Å². The Labute approximate surface area is 140 Å². The van der Waals surface area contributed by atoms with Gasteiger partial charge in [0, 0.05) is 18.2 Å². The third-order valence-electron chi connectivity index (χ3n) is 3.92. The van der Waals surface area contributed by atoms with Crippen molar-refractivity contribution in [1.82, 2.24) is 15.4 Å². The van der Waals surface area contributed by atoms with E-state index in [4.69, 9.17) is 9.26 Å². The molecule has 6 nitrogen and oxygen atoms in total. The Morgan fingerprint density at radius 1 is 1.46 bits per heavy atom. The number of nitrogens with zero attached hydrogens (tertiary/aromatic N) is 2. The topological polar surface area (TPSA) is 67.6 Å². The van der Waals surface area contributed by atoms with Crippen molar-refractivity contribution in [3.63, 3.8) is 0 Å². The van der Waals surface area contributed by atoms with E-state index in [-0.39, 0.29) is 11.8 Å². The molecule has 7 heteroatoms. The van der Waals surface area contributed by atoms with Gasteiger partial charge in [-0.25, -0.2) is 9.18 Å². The number of urea groups is 1. The number of aromatic nitrogens is 1. The van der Waals surface area contributed by atoms with Gasteiger partial charge in [0.15, 0.2) is 0 Å². The van der Waals surface area contributed by atoms with Gasteiger partial charge in [-0.3, -0.25) is 0 Å². The Bertz CT molecular complexity index is 710. The Morgan fingerprint density at radius 3 is 2.75 bits per heavy atom. The molecule has 2 aromatic rings. The van der Waals surface area contributed by atoms with E-state index in [0.717, 1.165) is 11.3 Å². The molecule has 1 aromatic carbocycles. The van der Waals surface area contributed by atoms with E-state index in [0.29, 0.717) is 23.6 Å². The van der Waals surface area contributed by atoms with Crippen LogP contribution in [-0.4, -0.2) is 30.2 Å². The number of amides is 2. The molecule has 1 atom stereocenters.